The average Bonchev–Trinajstić information content (AvgIpc) is 3.34. The van der Waals surface area contributed by atoms with E-state index in [4.69, 9.17) is 4.74 Å². The van der Waals surface area contributed by atoms with E-state index in [0.717, 1.165) is 16.9 Å². The predicted molar refractivity (Wildman–Crippen MR) is 125 cm³/mol. The molecule has 0 aliphatic carbocycles. The fourth-order valence-electron chi connectivity index (χ4n) is 3.09. The minimum atomic E-state index is -2.61. The Kier molecular flexibility index (Phi) is 6.51. The van der Waals surface area contributed by atoms with Gasteiger partial charge in [0.05, 0.1) is 23.5 Å². The lowest BCUT2D eigenvalue weighted by Crippen LogP contribution is -2.07. The minimum absolute atomic E-state index is 0.261. The highest BCUT2D eigenvalue weighted by Gasteiger charge is 2.18. The number of carbonyl (C=O) groups excluding carboxylic acids is 1. The standard InChI is InChI=1S/C20H21N7O4S2/c1-4-31-18(28)15-11(2)23-20(32-15)26-19-24-16(14-17(25-19)22-10-27(14)3)21-9-12-5-7-13(8-6-12)33(29)30/h5-8,10,33H,4,9H2,1-3H3,(H2,21,23,24,25,26). The third kappa shape index (κ3) is 4.93. The summed E-state index contributed by atoms with van der Waals surface area (Å²) in [6.45, 7) is 4.18. The van der Waals surface area contributed by atoms with Gasteiger partial charge in [-0.2, -0.15) is 9.97 Å². The van der Waals surface area contributed by atoms with Crippen molar-refractivity contribution < 1.29 is 17.9 Å². The van der Waals surface area contributed by atoms with E-state index in [2.05, 4.69) is 30.6 Å². The number of nitrogens with one attached hydrogen (secondary N) is 2. The van der Waals surface area contributed by atoms with Crippen molar-refractivity contribution in [2.45, 2.75) is 25.3 Å². The van der Waals surface area contributed by atoms with E-state index in [9.17, 15) is 13.2 Å². The number of nitrogens with zero attached hydrogens (tertiary/aromatic N) is 5. The van der Waals surface area contributed by atoms with Gasteiger partial charge in [-0.25, -0.2) is 23.2 Å². The molecule has 0 saturated heterocycles. The fraction of sp³-hybridized carbons (Fsp3) is 0.250. The normalized spacial score (nSPS) is 11.2. The third-order valence-corrected chi connectivity index (χ3v) is 6.43. The zero-order chi connectivity index (χ0) is 23.5. The van der Waals surface area contributed by atoms with Crippen molar-refractivity contribution in [1.29, 1.82) is 0 Å². The summed E-state index contributed by atoms with van der Waals surface area (Å²) in [5.74, 6) is 0.392. The topological polar surface area (TPSA) is 141 Å². The number of benzene rings is 1. The number of esters is 1. The van der Waals surface area contributed by atoms with Gasteiger partial charge in [0.1, 0.15) is 10.4 Å². The zero-order valence-electron chi connectivity index (χ0n) is 18.0. The van der Waals surface area contributed by atoms with Gasteiger partial charge < -0.3 is 14.6 Å². The molecule has 4 rings (SSSR count). The number of thiol groups is 1. The molecule has 0 spiro atoms. The zero-order valence-corrected chi connectivity index (χ0v) is 19.7. The first-order chi connectivity index (χ1) is 15.9. The Balaban J connectivity index is 1.59. The van der Waals surface area contributed by atoms with Gasteiger partial charge >= 0.3 is 5.97 Å². The molecule has 0 fully saturated rings. The number of fused-ring (bicyclic) bond motifs is 1. The molecule has 2 N–H and O–H groups in total. The van der Waals surface area contributed by atoms with Gasteiger partial charge in [0.2, 0.25) is 5.95 Å². The molecule has 0 atom stereocenters. The average molecular weight is 488 g/mol. The van der Waals surface area contributed by atoms with Crippen LogP contribution in [0.3, 0.4) is 0 Å². The van der Waals surface area contributed by atoms with Crippen LogP contribution >= 0.6 is 11.3 Å². The first-order valence-electron chi connectivity index (χ1n) is 9.93. The Hall–Kier alpha value is -3.58. The van der Waals surface area contributed by atoms with E-state index in [0.29, 0.717) is 39.2 Å². The number of anilines is 3. The summed E-state index contributed by atoms with van der Waals surface area (Å²) >= 11 is 1.16. The molecule has 0 aliphatic heterocycles. The number of ether oxygens (including phenoxy) is 1. The maximum atomic E-state index is 12.1. The van der Waals surface area contributed by atoms with Crippen molar-refractivity contribution in [1.82, 2.24) is 24.5 Å². The van der Waals surface area contributed by atoms with Crippen LogP contribution in [0.5, 0.6) is 0 Å². The second-order valence-corrected chi connectivity index (χ2v) is 9.01. The molecule has 0 aliphatic rings. The molecule has 0 amide bonds. The van der Waals surface area contributed by atoms with Crippen LogP contribution in [0, 0.1) is 6.92 Å². The maximum Gasteiger partial charge on any atom is 0.350 e. The lowest BCUT2D eigenvalue weighted by atomic mass is 10.2. The van der Waals surface area contributed by atoms with Crippen LogP contribution in [0.4, 0.5) is 16.9 Å². The molecule has 3 heterocycles. The maximum absolute atomic E-state index is 12.1. The van der Waals surface area contributed by atoms with E-state index < -0.39 is 16.7 Å². The van der Waals surface area contributed by atoms with Crippen molar-refractivity contribution in [3.63, 3.8) is 0 Å². The summed E-state index contributed by atoms with van der Waals surface area (Å²) in [5.41, 5.74) is 2.63. The van der Waals surface area contributed by atoms with Gasteiger partial charge in [0.15, 0.2) is 27.3 Å². The number of aryl methyl sites for hydroxylation is 2. The van der Waals surface area contributed by atoms with Crippen molar-refractivity contribution in [2.24, 2.45) is 7.05 Å². The number of carbonyl (C=O) groups is 1. The van der Waals surface area contributed by atoms with Crippen LogP contribution < -0.4 is 10.6 Å². The van der Waals surface area contributed by atoms with Gasteiger partial charge in [-0.05, 0) is 31.5 Å². The molecule has 11 nitrogen and oxygen atoms in total. The molecule has 0 radical (unpaired) electrons. The van der Waals surface area contributed by atoms with Crippen molar-refractivity contribution >= 4 is 56.1 Å². The number of aromatic nitrogens is 5. The Morgan fingerprint density at radius 2 is 1.94 bits per heavy atom. The minimum Gasteiger partial charge on any atom is -0.462 e. The van der Waals surface area contributed by atoms with Gasteiger partial charge in [-0.3, -0.25) is 5.32 Å². The van der Waals surface area contributed by atoms with Crippen molar-refractivity contribution in [3.8, 4) is 0 Å². The third-order valence-electron chi connectivity index (χ3n) is 4.65. The molecular formula is C20H21N7O4S2. The highest BCUT2D eigenvalue weighted by Crippen LogP contribution is 2.27. The second-order valence-electron chi connectivity index (χ2n) is 6.98. The lowest BCUT2D eigenvalue weighted by molar-refractivity contribution is 0.0531. The molecule has 4 aromatic rings. The van der Waals surface area contributed by atoms with Crippen LogP contribution in [0.25, 0.3) is 11.2 Å². The SMILES string of the molecule is CCOC(=O)c1sc(Nc2nc(NCc3ccc([SH](=O)=O)cc3)c3c(ncn3C)n2)nc1C. The van der Waals surface area contributed by atoms with Crippen molar-refractivity contribution in [3.05, 3.63) is 46.7 Å². The highest BCUT2D eigenvalue weighted by atomic mass is 32.2. The smallest absolute Gasteiger partial charge is 0.350 e. The van der Waals surface area contributed by atoms with Crippen LogP contribution in [0.1, 0.15) is 27.9 Å². The highest BCUT2D eigenvalue weighted by molar-refractivity contribution is 7.72. The molecule has 33 heavy (non-hydrogen) atoms. The number of rotatable bonds is 8. The first kappa shape index (κ1) is 22.6. The van der Waals surface area contributed by atoms with Gasteiger partial charge in [0, 0.05) is 13.6 Å². The summed E-state index contributed by atoms with van der Waals surface area (Å²) in [5, 5.41) is 6.76. The number of thiazole rings is 1. The predicted octanol–water partition coefficient (Wildman–Crippen LogP) is 2.63. The first-order valence-corrected chi connectivity index (χ1v) is 11.9. The molecule has 172 valence electrons. The number of hydrogen-bond acceptors (Lipinski definition) is 11. The van der Waals surface area contributed by atoms with Crippen LogP contribution in [-0.4, -0.2) is 45.5 Å². The number of imidazole rings is 1. The second kappa shape index (κ2) is 9.50. The van der Waals surface area contributed by atoms with E-state index in [1.54, 1.807) is 49.0 Å². The number of hydrogen-bond donors (Lipinski definition) is 3. The molecule has 1 aromatic carbocycles. The Morgan fingerprint density at radius 3 is 2.64 bits per heavy atom. The van der Waals surface area contributed by atoms with E-state index in [1.807, 2.05) is 7.05 Å². The van der Waals surface area contributed by atoms with Crippen LogP contribution in [0.2, 0.25) is 0 Å². The summed E-state index contributed by atoms with van der Waals surface area (Å²) < 4.78 is 29.0. The summed E-state index contributed by atoms with van der Waals surface area (Å²) in [6.07, 6.45) is 1.64. The van der Waals surface area contributed by atoms with Crippen molar-refractivity contribution in [2.75, 3.05) is 17.2 Å². The van der Waals surface area contributed by atoms with Gasteiger partial charge in [0.25, 0.3) is 0 Å². The van der Waals surface area contributed by atoms with Crippen LogP contribution in [-0.2, 0) is 29.0 Å². The van der Waals surface area contributed by atoms with E-state index in [1.165, 1.54) is 0 Å². The fourth-order valence-corrected chi connectivity index (χ4v) is 4.34. The monoisotopic (exact) mass is 487 g/mol. The molecule has 0 saturated carbocycles. The lowest BCUT2D eigenvalue weighted by Gasteiger charge is -2.10. The van der Waals surface area contributed by atoms with Gasteiger partial charge in [-0.1, -0.05) is 23.5 Å². The molecule has 3 aromatic heterocycles. The Labute approximate surface area is 194 Å². The Morgan fingerprint density at radius 1 is 1.18 bits per heavy atom. The molecule has 13 heteroatoms. The molecule has 0 unspecified atom stereocenters. The summed E-state index contributed by atoms with van der Waals surface area (Å²) in [4.78, 5) is 30.5. The Bertz CT molecular complexity index is 1390. The van der Waals surface area contributed by atoms with Crippen LogP contribution in [0.15, 0.2) is 35.5 Å². The van der Waals surface area contributed by atoms with E-state index >= 15 is 0 Å². The largest absolute Gasteiger partial charge is 0.462 e. The quantitative estimate of drug-likeness (QED) is 0.251. The molecule has 0 bridgehead atoms. The summed E-state index contributed by atoms with van der Waals surface area (Å²) in [7, 11) is -0.774. The summed E-state index contributed by atoms with van der Waals surface area (Å²) in [6, 6.07) is 6.59. The van der Waals surface area contributed by atoms with Gasteiger partial charge in [-0.15, -0.1) is 0 Å². The molecular weight excluding hydrogens is 466 g/mol. The van der Waals surface area contributed by atoms with E-state index in [-0.39, 0.29) is 17.5 Å².